The van der Waals surface area contributed by atoms with Crippen LogP contribution in [0.2, 0.25) is 5.02 Å². The number of nitrogens with zero attached hydrogens (tertiary/aromatic N) is 1. The fourth-order valence-electron chi connectivity index (χ4n) is 0.582. The predicted octanol–water partition coefficient (Wildman–Crippen LogP) is 0.435. The van der Waals surface area contributed by atoms with Gasteiger partial charge in [-0.2, -0.15) is 4.98 Å². The van der Waals surface area contributed by atoms with Crippen molar-refractivity contribution in [1.29, 1.82) is 0 Å². The monoisotopic (exact) mass is 184 g/mol. The van der Waals surface area contributed by atoms with Gasteiger partial charge in [0.15, 0.2) is 6.61 Å². The van der Waals surface area contributed by atoms with Gasteiger partial charge in [-0.1, -0.05) is 17.5 Å². The number of nitrogens with one attached hydrogen (secondary N) is 1. The van der Waals surface area contributed by atoms with Crippen LogP contribution in [0.4, 0.5) is 0 Å². The average Bonchev–Trinajstić information content (AvgIpc) is 2.07. The number of terminal acetylenes is 1. The fourth-order valence-corrected chi connectivity index (χ4v) is 0.732. The number of ether oxygens (including phenoxy) is 1. The lowest BCUT2D eigenvalue weighted by molar-refractivity contribution is 0.353. The van der Waals surface area contributed by atoms with Gasteiger partial charge in [-0.25, -0.2) is 4.79 Å². The molecule has 4 nitrogen and oxygen atoms in total. The molecule has 0 aliphatic rings. The number of hydrogen-bond donors (Lipinski definition) is 1. The van der Waals surface area contributed by atoms with Gasteiger partial charge in [-0.15, -0.1) is 6.42 Å². The second-order valence-corrected chi connectivity index (χ2v) is 2.27. The molecule has 12 heavy (non-hydrogen) atoms. The Morgan fingerprint density at radius 3 is 3.25 bits per heavy atom. The molecule has 0 saturated heterocycles. The molecule has 0 spiro atoms. The van der Waals surface area contributed by atoms with Crippen LogP contribution in [-0.2, 0) is 0 Å². The normalized spacial score (nSPS) is 9.00. The van der Waals surface area contributed by atoms with E-state index in [2.05, 4.69) is 15.9 Å². The Hall–Kier alpha value is -1.47. The summed E-state index contributed by atoms with van der Waals surface area (Å²) in [7, 11) is 0. The van der Waals surface area contributed by atoms with E-state index >= 15 is 0 Å². The standard InChI is InChI=1S/C7H5ClN2O2/c1-2-3-12-6-5(8)4-9-7(11)10-6/h1,4H,3H2,(H,9,10,11). The number of H-pyrrole nitrogens is 1. The van der Waals surface area contributed by atoms with E-state index in [1.807, 2.05) is 0 Å². The van der Waals surface area contributed by atoms with Gasteiger partial charge in [-0.05, 0) is 0 Å². The molecule has 1 aromatic heterocycles. The molecule has 0 amide bonds. The molecule has 1 aromatic rings. The summed E-state index contributed by atoms with van der Waals surface area (Å²) in [5, 5.41) is 0.227. The highest BCUT2D eigenvalue weighted by molar-refractivity contribution is 6.31. The molecule has 0 atom stereocenters. The van der Waals surface area contributed by atoms with Crippen molar-refractivity contribution in [2.45, 2.75) is 0 Å². The third-order valence-corrected chi connectivity index (χ3v) is 1.30. The maximum atomic E-state index is 10.6. The van der Waals surface area contributed by atoms with E-state index in [1.54, 1.807) is 0 Å². The van der Waals surface area contributed by atoms with E-state index in [1.165, 1.54) is 6.20 Å². The molecule has 0 aliphatic carbocycles. The van der Waals surface area contributed by atoms with Crippen LogP contribution in [0.1, 0.15) is 0 Å². The van der Waals surface area contributed by atoms with Gasteiger partial charge in [0.05, 0.1) is 6.20 Å². The van der Waals surface area contributed by atoms with E-state index in [9.17, 15) is 4.79 Å². The lowest BCUT2D eigenvalue weighted by Gasteiger charge is -2.01. The zero-order valence-electron chi connectivity index (χ0n) is 6.00. The molecule has 0 unspecified atom stereocenters. The van der Waals surface area contributed by atoms with E-state index in [0.717, 1.165) is 0 Å². The minimum absolute atomic E-state index is 0.0552. The Morgan fingerprint density at radius 1 is 1.83 bits per heavy atom. The van der Waals surface area contributed by atoms with Crippen molar-refractivity contribution in [3.63, 3.8) is 0 Å². The van der Waals surface area contributed by atoms with E-state index < -0.39 is 5.69 Å². The molecule has 1 heterocycles. The summed E-state index contributed by atoms with van der Waals surface area (Å²) in [4.78, 5) is 16.3. The second kappa shape index (κ2) is 3.79. The molecule has 0 saturated carbocycles. The number of aromatic nitrogens is 2. The van der Waals surface area contributed by atoms with Crippen LogP contribution in [0.15, 0.2) is 11.0 Å². The van der Waals surface area contributed by atoms with Crippen molar-refractivity contribution in [3.05, 3.63) is 21.7 Å². The van der Waals surface area contributed by atoms with Crippen LogP contribution in [0.5, 0.6) is 5.88 Å². The predicted molar refractivity (Wildman–Crippen MR) is 44.2 cm³/mol. The summed E-state index contributed by atoms with van der Waals surface area (Å²) >= 11 is 5.61. The molecule has 0 aromatic carbocycles. The van der Waals surface area contributed by atoms with Gasteiger partial charge in [0, 0.05) is 0 Å². The molecule has 0 radical (unpaired) electrons. The topological polar surface area (TPSA) is 55.0 Å². The zero-order chi connectivity index (χ0) is 8.97. The smallest absolute Gasteiger partial charge is 0.347 e. The molecule has 0 bridgehead atoms. The first-order valence-corrected chi connectivity index (χ1v) is 3.43. The van der Waals surface area contributed by atoms with Crippen LogP contribution in [0.25, 0.3) is 0 Å². The summed E-state index contributed by atoms with van der Waals surface area (Å²) in [6.07, 6.45) is 6.14. The lowest BCUT2D eigenvalue weighted by atomic mass is 10.6. The quantitative estimate of drug-likeness (QED) is 0.679. The SMILES string of the molecule is C#CCOc1[nH]c(=O)ncc1Cl. The van der Waals surface area contributed by atoms with Crippen LogP contribution in [0, 0.1) is 12.3 Å². The van der Waals surface area contributed by atoms with Crippen LogP contribution < -0.4 is 10.4 Å². The van der Waals surface area contributed by atoms with Crippen LogP contribution in [-0.4, -0.2) is 16.6 Å². The van der Waals surface area contributed by atoms with Gasteiger partial charge in [0.25, 0.3) is 0 Å². The van der Waals surface area contributed by atoms with Gasteiger partial charge in [0.1, 0.15) is 5.02 Å². The summed E-state index contributed by atoms with van der Waals surface area (Å²) in [5.41, 5.74) is -0.522. The Balaban J connectivity index is 2.91. The van der Waals surface area contributed by atoms with Gasteiger partial charge >= 0.3 is 5.69 Å². The van der Waals surface area contributed by atoms with E-state index in [-0.39, 0.29) is 17.5 Å². The molecule has 0 fully saturated rings. The summed E-state index contributed by atoms with van der Waals surface area (Å²) in [6, 6.07) is 0. The first-order chi connectivity index (χ1) is 5.74. The highest BCUT2D eigenvalue weighted by Gasteiger charge is 2.01. The zero-order valence-corrected chi connectivity index (χ0v) is 6.76. The van der Waals surface area contributed by atoms with Crippen molar-refractivity contribution in [1.82, 2.24) is 9.97 Å². The molecule has 1 N–H and O–H groups in total. The lowest BCUT2D eigenvalue weighted by Crippen LogP contribution is -2.11. The minimum atomic E-state index is -0.522. The van der Waals surface area contributed by atoms with Crippen molar-refractivity contribution in [2.24, 2.45) is 0 Å². The van der Waals surface area contributed by atoms with E-state index in [0.29, 0.717) is 0 Å². The Labute approximate surface area is 73.5 Å². The maximum absolute atomic E-state index is 10.6. The Kier molecular flexibility index (Phi) is 2.72. The largest absolute Gasteiger partial charge is 0.465 e. The molecule has 1 rings (SSSR count). The third kappa shape index (κ3) is 2.01. The first kappa shape index (κ1) is 8.62. The molecular formula is C7H5ClN2O2. The van der Waals surface area contributed by atoms with Gasteiger partial charge in [0.2, 0.25) is 5.88 Å². The maximum Gasteiger partial charge on any atom is 0.347 e. The highest BCUT2D eigenvalue weighted by atomic mass is 35.5. The van der Waals surface area contributed by atoms with E-state index in [4.69, 9.17) is 22.8 Å². The van der Waals surface area contributed by atoms with Gasteiger partial charge < -0.3 is 4.74 Å². The summed E-state index contributed by atoms with van der Waals surface area (Å²) in [5.74, 6) is 2.39. The van der Waals surface area contributed by atoms with Crippen LogP contribution >= 0.6 is 11.6 Å². The number of rotatable bonds is 2. The Bertz CT molecular complexity index is 366. The number of halogens is 1. The average molecular weight is 185 g/mol. The summed E-state index contributed by atoms with van der Waals surface area (Å²) in [6.45, 7) is 0.0552. The highest BCUT2D eigenvalue weighted by Crippen LogP contribution is 2.16. The fraction of sp³-hybridized carbons (Fsp3) is 0.143. The molecule has 0 aliphatic heterocycles. The van der Waals surface area contributed by atoms with Crippen molar-refractivity contribution >= 4 is 11.6 Å². The number of hydrogen-bond acceptors (Lipinski definition) is 3. The molecule has 5 heteroatoms. The second-order valence-electron chi connectivity index (χ2n) is 1.86. The van der Waals surface area contributed by atoms with Crippen LogP contribution in [0.3, 0.4) is 0 Å². The molecule has 62 valence electrons. The van der Waals surface area contributed by atoms with Crippen molar-refractivity contribution < 1.29 is 4.74 Å². The third-order valence-electron chi connectivity index (χ3n) is 1.03. The minimum Gasteiger partial charge on any atom is -0.465 e. The van der Waals surface area contributed by atoms with Gasteiger partial charge in [-0.3, -0.25) is 4.98 Å². The van der Waals surface area contributed by atoms with Crippen molar-refractivity contribution in [3.8, 4) is 18.2 Å². The van der Waals surface area contributed by atoms with Crippen molar-refractivity contribution in [2.75, 3.05) is 6.61 Å². The molecular weight excluding hydrogens is 180 g/mol. The first-order valence-electron chi connectivity index (χ1n) is 3.05. The summed E-state index contributed by atoms with van der Waals surface area (Å²) < 4.78 is 4.90. The number of aromatic amines is 1. The Morgan fingerprint density at radius 2 is 2.58 bits per heavy atom.